The number of aryl methyl sites for hydroxylation is 1. The summed E-state index contributed by atoms with van der Waals surface area (Å²) in [7, 11) is 0. The average molecular weight is 233 g/mol. The third-order valence-electron chi connectivity index (χ3n) is 2.34. The topological polar surface area (TPSA) is 51.8 Å². The van der Waals surface area contributed by atoms with Crippen molar-refractivity contribution in [3.8, 4) is 11.3 Å². The molecule has 2 rings (SSSR count). The molecule has 0 aliphatic carbocycles. The maximum absolute atomic E-state index is 5.73. The van der Waals surface area contributed by atoms with Gasteiger partial charge in [-0.25, -0.2) is 4.98 Å². The zero-order valence-corrected chi connectivity index (χ0v) is 10.1. The molecule has 1 unspecified atom stereocenters. The molecule has 1 atom stereocenters. The van der Waals surface area contributed by atoms with Crippen molar-refractivity contribution in [2.24, 2.45) is 5.73 Å². The summed E-state index contributed by atoms with van der Waals surface area (Å²) in [4.78, 5) is 8.58. The average Bonchev–Trinajstić information content (AvgIpc) is 2.76. The fraction of sp³-hybridized carbons (Fsp3) is 0.333. The molecule has 0 saturated carbocycles. The summed E-state index contributed by atoms with van der Waals surface area (Å²) in [6.07, 6.45) is 5.53. The Hall–Kier alpha value is -1.26. The number of nitrogens with zero attached hydrogens (tertiary/aromatic N) is 2. The van der Waals surface area contributed by atoms with E-state index in [0.29, 0.717) is 0 Å². The molecule has 4 heteroatoms. The Labute approximate surface area is 99.4 Å². The molecule has 2 heterocycles. The molecule has 0 aliphatic heterocycles. The molecule has 2 aromatic rings. The van der Waals surface area contributed by atoms with Crippen LogP contribution < -0.4 is 5.73 Å². The van der Waals surface area contributed by atoms with Gasteiger partial charge in [-0.15, -0.1) is 11.3 Å². The van der Waals surface area contributed by atoms with Gasteiger partial charge < -0.3 is 5.73 Å². The lowest BCUT2D eigenvalue weighted by molar-refractivity contribution is 0.664. The Morgan fingerprint density at radius 1 is 1.38 bits per heavy atom. The first kappa shape index (κ1) is 11.2. The lowest BCUT2D eigenvalue weighted by atomic mass is 10.2. The van der Waals surface area contributed by atoms with Gasteiger partial charge in [0.05, 0.1) is 10.7 Å². The standard InChI is InChI=1S/C12H15N3S/c1-9(13)2-3-12-15-11(8-16-12)10-4-6-14-7-5-10/h4-9H,2-3,13H2,1H3. The molecule has 0 fully saturated rings. The first-order valence-corrected chi connectivity index (χ1v) is 6.24. The number of aromatic nitrogens is 2. The van der Waals surface area contributed by atoms with Gasteiger partial charge >= 0.3 is 0 Å². The minimum atomic E-state index is 0.244. The van der Waals surface area contributed by atoms with E-state index in [1.807, 2.05) is 19.1 Å². The van der Waals surface area contributed by atoms with Gasteiger partial charge in [-0.2, -0.15) is 0 Å². The van der Waals surface area contributed by atoms with Crippen LogP contribution in [0.2, 0.25) is 0 Å². The minimum Gasteiger partial charge on any atom is -0.328 e. The van der Waals surface area contributed by atoms with Crippen LogP contribution in [-0.2, 0) is 6.42 Å². The zero-order chi connectivity index (χ0) is 11.4. The number of hydrogen-bond acceptors (Lipinski definition) is 4. The molecule has 0 aromatic carbocycles. The van der Waals surface area contributed by atoms with Crippen LogP contribution in [0.5, 0.6) is 0 Å². The predicted octanol–water partition coefficient (Wildman–Crippen LogP) is 2.48. The van der Waals surface area contributed by atoms with Crippen LogP contribution in [0, 0.1) is 0 Å². The molecular weight excluding hydrogens is 218 g/mol. The molecular formula is C12H15N3S. The Bertz CT molecular complexity index is 437. The smallest absolute Gasteiger partial charge is 0.0933 e. The SMILES string of the molecule is CC(N)CCc1nc(-c2ccncc2)cs1. The second-order valence-electron chi connectivity index (χ2n) is 3.88. The Morgan fingerprint density at radius 3 is 2.81 bits per heavy atom. The van der Waals surface area contributed by atoms with Crippen molar-refractivity contribution in [3.63, 3.8) is 0 Å². The second-order valence-corrected chi connectivity index (χ2v) is 4.82. The lowest BCUT2D eigenvalue weighted by Crippen LogP contribution is -2.15. The highest BCUT2D eigenvalue weighted by Gasteiger charge is 2.05. The van der Waals surface area contributed by atoms with Gasteiger partial charge in [-0.1, -0.05) is 0 Å². The quantitative estimate of drug-likeness (QED) is 0.882. The molecule has 0 radical (unpaired) electrons. The van der Waals surface area contributed by atoms with Crippen molar-refractivity contribution in [3.05, 3.63) is 34.9 Å². The van der Waals surface area contributed by atoms with E-state index in [2.05, 4.69) is 15.3 Å². The van der Waals surface area contributed by atoms with E-state index in [4.69, 9.17) is 5.73 Å². The van der Waals surface area contributed by atoms with E-state index in [1.54, 1.807) is 23.7 Å². The fourth-order valence-electron chi connectivity index (χ4n) is 1.43. The van der Waals surface area contributed by atoms with E-state index < -0.39 is 0 Å². The Kier molecular flexibility index (Phi) is 3.64. The lowest BCUT2D eigenvalue weighted by Gasteiger charge is -2.00. The van der Waals surface area contributed by atoms with E-state index in [9.17, 15) is 0 Å². The summed E-state index contributed by atoms with van der Waals surface area (Å²) in [6.45, 7) is 2.03. The minimum absolute atomic E-state index is 0.244. The Morgan fingerprint density at radius 2 is 2.12 bits per heavy atom. The first-order valence-electron chi connectivity index (χ1n) is 5.36. The third-order valence-corrected chi connectivity index (χ3v) is 3.25. The highest BCUT2D eigenvalue weighted by molar-refractivity contribution is 7.09. The summed E-state index contributed by atoms with van der Waals surface area (Å²) in [6, 6.07) is 4.20. The third kappa shape index (κ3) is 2.87. The molecule has 0 aliphatic rings. The molecule has 0 saturated heterocycles. The maximum Gasteiger partial charge on any atom is 0.0933 e. The predicted molar refractivity (Wildman–Crippen MR) is 67.3 cm³/mol. The fourth-order valence-corrected chi connectivity index (χ4v) is 2.26. The monoisotopic (exact) mass is 233 g/mol. The molecule has 3 nitrogen and oxygen atoms in total. The molecule has 2 aromatic heterocycles. The van der Waals surface area contributed by atoms with Gasteiger partial charge in [0.2, 0.25) is 0 Å². The van der Waals surface area contributed by atoms with Crippen LogP contribution in [-0.4, -0.2) is 16.0 Å². The van der Waals surface area contributed by atoms with Crippen molar-refractivity contribution in [2.45, 2.75) is 25.8 Å². The van der Waals surface area contributed by atoms with Gasteiger partial charge in [0, 0.05) is 35.8 Å². The zero-order valence-electron chi connectivity index (χ0n) is 9.26. The summed E-state index contributed by atoms with van der Waals surface area (Å²) in [5.74, 6) is 0. The van der Waals surface area contributed by atoms with Crippen LogP contribution in [0.15, 0.2) is 29.9 Å². The number of hydrogen-bond donors (Lipinski definition) is 1. The van der Waals surface area contributed by atoms with Crippen molar-refractivity contribution in [1.82, 2.24) is 9.97 Å². The van der Waals surface area contributed by atoms with E-state index in [0.717, 1.165) is 29.1 Å². The summed E-state index contributed by atoms with van der Waals surface area (Å²) < 4.78 is 0. The van der Waals surface area contributed by atoms with Crippen molar-refractivity contribution >= 4 is 11.3 Å². The van der Waals surface area contributed by atoms with Crippen molar-refractivity contribution in [1.29, 1.82) is 0 Å². The molecule has 2 N–H and O–H groups in total. The van der Waals surface area contributed by atoms with Crippen LogP contribution in [0.25, 0.3) is 11.3 Å². The van der Waals surface area contributed by atoms with E-state index in [1.165, 1.54) is 0 Å². The van der Waals surface area contributed by atoms with E-state index >= 15 is 0 Å². The Balaban J connectivity index is 2.08. The molecule has 84 valence electrons. The molecule has 0 bridgehead atoms. The molecule has 0 amide bonds. The maximum atomic E-state index is 5.73. The number of pyridine rings is 1. The first-order chi connectivity index (χ1) is 7.75. The van der Waals surface area contributed by atoms with Gasteiger partial charge in [0.15, 0.2) is 0 Å². The normalized spacial score (nSPS) is 12.6. The van der Waals surface area contributed by atoms with Crippen LogP contribution in [0.1, 0.15) is 18.4 Å². The van der Waals surface area contributed by atoms with Gasteiger partial charge in [-0.3, -0.25) is 4.98 Å². The van der Waals surface area contributed by atoms with Crippen molar-refractivity contribution < 1.29 is 0 Å². The number of thiazole rings is 1. The second kappa shape index (κ2) is 5.18. The number of rotatable bonds is 4. The van der Waals surface area contributed by atoms with Crippen LogP contribution in [0.3, 0.4) is 0 Å². The van der Waals surface area contributed by atoms with Crippen LogP contribution in [0.4, 0.5) is 0 Å². The van der Waals surface area contributed by atoms with Crippen LogP contribution >= 0.6 is 11.3 Å². The summed E-state index contributed by atoms with van der Waals surface area (Å²) in [5.41, 5.74) is 7.88. The van der Waals surface area contributed by atoms with E-state index in [-0.39, 0.29) is 6.04 Å². The highest BCUT2D eigenvalue weighted by atomic mass is 32.1. The van der Waals surface area contributed by atoms with Gasteiger partial charge in [-0.05, 0) is 25.5 Å². The number of nitrogens with two attached hydrogens (primary N) is 1. The highest BCUT2D eigenvalue weighted by Crippen LogP contribution is 2.21. The van der Waals surface area contributed by atoms with Crippen molar-refractivity contribution in [2.75, 3.05) is 0 Å². The summed E-state index contributed by atoms with van der Waals surface area (Å²) >= 11 is 1.70. The summed E-state index contributed by atoms with van der Waals surface area (Å²) in [5, 5.41) is 3.25. The molecule has 16 heavy (non-hydrogen) atoms. The molecule has 0 spiro atoms. The largest absolute Gasteiger partial charge is 0.328 e. The van der Waals surface area contributed by atoms with Gasteiger partial charge in [0.25, 0.3) is 0 Å². The van der Waals surface area contributed by atoms with Gasteiger partial charge in [0.1, 0.15) is 0 Å².